The Bertz CT molecular complexity index is 1130. The van der Waals surface area contributed by atoms with E-state index in [4.69, 9.17) is 21.1 Å². The summed E-state index contributed by atoms with van der Waals surface area (Å²) in [6, 6.07) is 8.88. The first-order valence-electron chi connectivity index (χ1n) is 11.3. The molecule has 2 atom stereocenters. The van der Waals surface area contributed by atoms with Crippen molar-refractivity contribution in [2.24, 2.45) is 0 Å². The minimum Gasteiger partial charge on any atom is -0.496 e. The summed E-state index contributed by atoms with van der Waals surface area (Å²) in [5, 5.41) is 0.599. The van der Waals surface area contributed by atoms with Gasteiger partial charge in [0.05, 0.1) is 18.7 Å². The lowest BCUT2D eigenvalue weighted by molar-refractivity contribution is -0.137. The van der Waals surface area contributed by atoms with Crippen LogP contribution in [-0.2, 0) is 10.9 Å². The van der Waals surface area contributed by atoms with Crippen LogP contribution in [0.1, 0.15) is 61.0 Å². The minimum atomic E-state index is -4.47. The van der Waals surface area contributed by atoms with Crippen molar-refractivity contribution in [1.82, 2.24) is 4.90 Å². The fourth-order valence-corrected chi connectivity index (χ4v) is 5.06. The molecule has 0 radical (unpaired) electrons. The van der Waals surface area contributed by atoms with Crippen LogP contribution in [0.5, 0.6) is 5.75 Å². The Morgan fingerprint density at radius 1 is 1.15 bits per heavy atom. The molecule has 0 unspecified atom stereocenters. The third kappa shape index (κ3) is 4.90. The van der Waals surface area contributed by atoms with Gasteiger partial charge in [-0.05, 0) is 86.6 Å². The molecule has 4 nitrogen and oxygen atoms in total. The second kappa shape index (κ2) is 9.53. The molecule has 2 aromatic rings. The zero-order valence-corrected chi connectivity index (χ0v) is 20.1. The maximum absolute atomic E-state index is 13.3. The summed E-state index contributed by atoms with van der Waals surface area (Å²) < 4.78 is 51.2. The summed E-state index contributed by atoms with van der Waals surface area (Å²) >= 11 is 6.26. The van der Waals surface area contributed by atoms with Crippen molar-refractivity contribution in [2.75, 3.05) is 13.7 Å². The standard InChI is InChI=1S/C26H27ClF3NO3/c1-15-10-18(12-19(11-15)26(28,29)30)24-16(2)31(25(32)34-24)14-17-6-4-5-7-21(17)22-13-20(27)8-9-23(22)33-3/h8-13,16,24H,4-7,14H2,1-3H3/t16-,24-/m0/s1. The number of amides is 1. The Kier molecular flexibility index (Phi) is 6.85. The smallest absolute Gasteiger partial charge is 0.416 e. The van der Waals surface area contributed by atoms with Crippen molar-refractivity contribution in [1.29, 1.82) is 0 Å². The monoisotopic (exact) mass is 493 g/mol. The number of carbonyl (C=O) groups is 1. The average molecular weight is 494 g/mol. The van der Waals surface area contributed by atoms with Crippen molar-refractivity contribution in [3.63, 3.8) is 0 Å². The van der Waals surface area contributed by atoms with Gasteiger partial charge >= 0.3 is 12.3 Å². The van der Waals surface area contributed by atoms with Crippen LogP contribution < -0.4 is 4.74 Å². The van der Waals surface area contributed by atoms with E-state index in [2.05, 4.69) is 0 Å². The Balaban J connectivity index is 1.65. The molecule has 0 bridgehead atoms. The van der Waals surface area contributed by atoms with Crippen LogP contribution in [0.25, 0.3) is 5.57 Å². The topological polar surface area (TPSA) is 38.8 Å². The van der Waals surface area contributed by atoms with Crippen molar-refractivity contribution in [2.45, 2.75) is 57.9 Å². The molecule has 1 aliphatic heterocycles. The van der Waals surface area contributed by atoms with Crippen molar-refractivity contribution >= 4 is 23.3 Å². The number of benzene rings is 2. The number of methoxy groups -OCH3 is 1. The summed E-state index contributed by atoms with van der Waals surface area (Å²) in [6.45, 7) is 3.77. The van der Waals surface area contributed by atoms with Crippen LogP contribution in [0.15, 0.2) is 42.0 Å². The Hall–Kier alpha value is -2.67. The number of halogens is 4. The lowest BCUT2D eigenvalue weighted by Crippen LogP contribution is -2.34. The van der Waals surface area contributed by atoms with E-state index in [1.54, 1.807) is 31.1 Å². The summed E-state index contributed by atoms with van der Waals surface area (Å²) in [4.78, 5) is 14.5. The van der Waals surface area contributed by atoms with Crippen molar-refractivity contribution in [3.05, 3.63) is 69.2 Å². The van der Waals surface area contributed by atoms with Crippen LogP contribution in [0.4, 0.5) is 18.0 Å². The molecule has 2 aliphatic rings. The van der Waals surface area contributed by atoms with Gasteiger partial charge in [-0.3, -0.25) is 4.90 Å². The van der Waals surface area contributed by atoms with Gasteiger partial charge in [-0.1, -0.05) is 23.2 Å². The molecule has 1 aliphatic carbocycles. The zero-order chi connectivity index (χ0) is 24.6. The number of cyclic esters (lactones) is 1. The van der Waals surface area contributed by atoms with E-state index in [1.807, 2.05) is 19.1 Å². The van der Waals surface area contributed by atoms with Crippen LogP contribution in [0, 0.1) is 6.92 Å². The van der Waals surface area contributed by atoms with E-state index in [0.29, 0.717) is 28.4 Å². The molecule has 2 aromatic carbocycles. The molecule has 182 valence electrons. The van der Waals surface area contributed by atoms with Crippen LogP contribution in [0.3, 0.4) is 0 Å². The molecular weight excluding hydrogens is 467 g/mol. The maximum atomic E-state index is 13.3. The molecule has 1 heterocycles. The molecular formula is C26H27ClF3NO3. The number of hydrogen-bond acceptors (Lipinski definition) is 3. The molecule has 8 heteroatoms. The minimum absolute atomic E-state index is 0.347. The van der Waals surface area contributed by atoms with Gasteiger partial charge < -0.3 is 9.47 Å². The lowest BCUT2D eigenvalue weighted by Gasteiger charge is -2.27. The molecule has 1 fully saturated rings. The van der Waals surface area contributed by atoms with Gasteiger partial charge in [0.15, 0.2) is 0 Å². The Labute approximate surface area is 202 Å². The predicted molar refractivity (Wildman–Crippen MR) is 125 cm³/mol. The predicted octanol–water partition coefficient (Wildman–Crippen LogP) is 7.59. The first kappa shape index (κ1) is 24.5. The lowest BCUT2D eigenvalue weighted by atomic mass is 9.86. The molecule has 34 heavy (non-hydrogen) atoms. The van der Waals surface area contributed by atoms with Gasteiger partial charge in [-0.15, -0.1) is 0 Å². The van der Waals surface area contributed by atoms with Crippen molar-refractivity contribution in [3.8, 4) is 5.75 Å². The van der Waals surface area contributed by atoms with E-state index in [0.717, 1.165) is 54.5 Å². The van der Waals surface area contributed by atoms with Gasteiger partial charge in [0, 0.05) is 17.1 Å². The molecule has 0 spiro atoms. The second-order valence-electron chi connectivity index (χ2n) is 8.94. The fraction of sp³-hybridized carbons (Fsp3) is 0.423. The highest BCUT2D eigenvalue weighted by Gasteiger charge is 2.41. The number of nitrogens with zero attached hydrogens (tertiary/aromatic N) is 1. The summed E-state index contributed by atoms with van der Waals surface area (Å²) in [5.74, 6) is 0.716. The number of aryl methyl sites for hydroxylation is 1. The number of allylic oxidation sites excluding steroid dienone is 1. The first-order chi connectivity index (χ1) is 16.1. The number of rotatable bonds is 5. The number of carbonyl (C=O) groups excluding carboxylic acids is 1. The number of ether oxygens (including phenoxy) is 2. The van der Waals surface area contributed by atoms with Crippen LogP contribution in [0.2, 0.25) is 5.02 Å². The van der Waals surface area contributed by atoms with Gasteiger partial charge in [0.1, 0.15) is 11.9 Å². The quantitative estimate of drug-likeness (QED) is 0.430. The molecule has 0 aromatic heterocycles. The van der Waals surface area contributed by atoms with Crippen LogP contribution in [-0.4, -0.2) is 30.7 Å². The first-order valence-corrected chi connectivity index (χ1v) is 11.7. The molecule has 0 saturated carbocycles. The Morgan fingerprint density at radius 2 is 1.88 bits per heavy atom. The van der Waals surface area contributed by atoms with E-state index in [1.165, 1.54) is 0 Å². The van der Waals surface area contributed by atoms with Gasteiger partial charge in [-0.25, -0.2) is 4.79 Å². The van der Waals surface area contributed by atoms with Crippen molar-refractivity contribution < 1.29 is 27.4 Å². The second-order valence-corrected chi connectivity index (χ2v) is 9.37. The SMILES string of the molecule is COc1ccc(Cl)cc1C1=C(CN2C(=O)O[C@H](c3cc(C)cc(C(F)(F)F)c3)[C@@H]2C)CCCC1. The van der Waals surface area contributed by atoms with E-state index >= 15 is 0 Å². The summed E-state index contributed by atoms with van der Waals surface area (Å²) in [5.41, 5.74) is 3.19. The third-order valence-electron chi connectivity index (χ3n) is 6.58. The molecule has 0 N–H and O–H groups in total. The van der Waals surface area contributed by atoms with E-state index in [-0.39, 0.29) is 0 Å². The zero-order valence-electron chi connectivity index (χ0n) is 19.3. The number of alkyl halides is 3. The maximum Gasteiger partial charge on any atom is 0.416 e. The molecule has 1 amide bonds. The largest absolute Gasteiger partial charge is 0.496 e. The normalized spacial score (nSPS) is 21.1. The molecule has 1 saturated heterocycles. The van der Waals surface area contributed by atoms with E-state index < -0.39 is 30.0 Å². The highest BCUT2D eigenvalue weighted by molar-refractivity contribution is 6.30. The number of hydrogen-bond donors (Lipinski definition) is 0. The van der Waals surface area contributed by atoms with Gasteiger partial charge in [0.25, 0.3) is 0 Å². The summed E-state index contributed by atoms with van der Waals surface area (Å²) in [7, 11) is 1.61. The summed E-state index contributed by atoms with van der Waals surface area (Å²) in [6.07, 6.45) is -2.11. The third-order valence-corrected chi connectivity index (χ3v) is 6.81. The fourth-order valence-electron chi connectivity index (χ4n) is 4.89. The van der Waals surface area contributed by atoms with Crippen LogP contribution >= 0.6 is 11.6 Å². The highest BCUT2D eigenvalue weighted by Crippen LogP contribution is 2.41. The average Bonchev–Trinajstić information content (AvgIpc) is 3.07. The highest BCUT2D eigenvalue weighted by atomic mass is 35.5. The molecule has 4 rings (SSSR count). The van der Waals surface area contributed by atoms with Gasteiger partial charge in [0.2, 0.25) is 0 Å². The van der Waals surface area contributed by atoms with Gasteiger partial charge in [-0.2, -0.15) is 13.2 Å². The van der Waals surface area contributed by atoms with E-state index in [9.17, 15) is 18.0 Å². The Morgan fingerprint density at radius 3 is 2.59 bits per heavy atom.